The summed E-state index contributed by atoms with van der Waals surface area (Å²) in [6.07, 6.45) is 3.30. The van der Waals surface area contributed by atoms with Crippen molar-refractivity contribution in [3.05, 3.63) is 35.9 Å². The molecule has 1 heterocycles. The molecule has 0 radical (unpaired) electrons. The zero-order chi connectivity index (χ0) is 14.2. The van der Waals surface area contributed by atoms with E-state index >= 15 is 0 Å². The van der Waals surface area contributed by atoms with Gasteiger partial charge in [0, 0.05) is 19.5 Å². The van der Waals surface area contributed by atoms with Gasteiger partial charge in [0.15, 0.2) is 0 Å². The van der Waals surface area contributed by atoms with E-state index in [4.69, 9.17) is 10.00 Å². The quantitative estimate of drug-likeness (QED) is 0.844. The first-order valence-electron chi connectivity index (χ1n) is 7.12. The average molecular weight is 272 g/mol. The fourth-order valence-corrected chi connectivity index (χ4v) is 2.55. The molecule has 0 aromatic heterocycles. The zero-order valence-corrected chi connectivity index (χ0v) is 11.6. The highest BCUT2D eigenvalue weighted by atomic mass is 16.6. The van der Waals surface area contributed by atoms with Gasteiger partial charge in [-0.3, -0.25) is 0 Å². The van der Waals surface area contributed by atoms with E-state index in [-0.39, 0.29) is 6.09 Å². The topological polar surface area (TPSA) is 53.3 Å². The first kappa shape index (κ1) is 14.4. The SMILES string of the molecule is N#CCC[C@H]1CCCN(C(=O)OCc2ccccc2)C1. The van der Waals surface area contributed by atoms with Crippen LogP contribution in [-0.4, -0.2) is 24.1 Å². The molecule has 1 saturated heterocycles. The van der Waals surface area contributed by atoms with Crippen molar-refractivity contribution in [1.82, 2.24) is 4.90 Å². The lowest BCUT2D eigenvalue weighted by Gasteiger charge is -2.31. The van der Waals surface area contributed by atoms with Crippen LogP contribution in [0, 0.1) is 17.2 Å². The second-order valence-corrected chi connectivity index (χ2v) is 5.19. The van der Waals surface area contributed by atoms with Gasteiger partial charge in [0.05, 0.1) is 6.07 Å². The third kappa shape index (κ3) is 4.27. The third-order valence-corrected chi connectivity index (χ3v) is 3.65. The minimum absolute atomic E-state index is 0.240. The molecule has 1 atom stereocenters. The molecular weight excluding hydrogens is 252 g/mol. The number of piperidine rings is 1. The largest absolute Gasteiger partial charge is 0.445 e. The maximum Gasteiger partial charge on any atom is 0.410 e. The minimum atomic E-state index is -0.240. The number of rotatable bonds is 4. The van der Waals surface area contributed by atoms with Crippen LogP contribution in [0.1, 0.15) is 31.2 Å². The molecule has 106 valence electrons. The van der Waals surface area contributed by atoms with E-state index in [0.717, 1.165) is 37.9 Å². The van der Waals surface area contributed by atoms with Crippen LogP contribution in [0.5, 0.6) is 0 Å². The molecule has 1 aliphatic rings. The van der Waals surface area contributed by atoms with Gasteiger partial charge in [-0.05, 0) is 30.7 Å². The number of likely N-dealkylation sites (tertiary alicyclic amines) is 1. The summed E-state index contributed by atoms with van der Waals surface area (Å²) in [4.78, 5) is 13.8. The highest BCUT2D eigenvalue weighted by Gasteiger charge is 2.24. The Bertz CT molecular complexity index is 467. The Morgan fingerprint density at radius 2 is 2.20 bits per heavy atom. The van der Waals surface area contributed by atoms with Gasteiger partial charge in [-0.2, -0.15) is 5.26 Å². The molecule has 1 aliphatic heterocycles. The predicted octanol–water partition coefficient (Wildman–Crippen LogP) is 3.34. The van der Waals surface area contributed by atoms with Crippen molar-refractivity contribution in [2.45, 2.75) is 32.3 Å². The van der Waals surface area contributed by atoms with E-state index in [1.54, 1.807) is 4.90 Å². The maximum atomic E-state index is 12.0. The lowest BCUT2D eigenvalue weighted by molar-refractivity contribution is 0.0782. The summed E-state index contributed by atoms with van der Waals surface area (Å²) in [6, 6.07) is 11.9. The summed E-state index contributed by atoms with van der Waals surface area (Å²) in [5.41, 5.74) is 0.999. The Kier molecular flexibility index (Phi) is 5.43. The molecule has 0 saturated carbocycles. The second kappa shape index (κ2) is 7.54. The summed E-state index contributed by atoms with van der Waals surface area (Å²) in [5.74, 6) is 0.438. The van der Waals surface area contributed by atoms with Gasteiger partial charge in [-0.15, -0.1) is 0 Å². The summed E-state index contributed by atoms with van der Waals surface area (Å²) in [6.45, 7) is 1.80. The molecule has 4 heteroatoms. The van der Waals surface area contributed by atoms with Crippen molar-refractivity contribution in [3.63, 3.8) is 0 Å². The number of nitriles is 1. The molecule has 1 fully saturated rings. The number of carbonyl (C=O) groups is 1. The summed E-state index contributed by atoms with van der Waals surface area (Å²) >= 11 is 0. The van der Waals surface area contributed by atoms with E-state index in [1.165, 1.54) is 0 Å². The highest BCUT2D eigenvalue weighted by Crippen LogP contribution is 2.21. The number of benzene rings is 1. The van der Waals surface area contributed by atoms with Crippen molar-refractivity contribution < 1.29 is 9.53 Å². The van der Waals surface area contributed by atoms with Crippen LogP contribution in [0.25, 0.3) is 0 Å². The van der Waals surface area contributed by atoms with Crippen LogP contribution in [0.2, 0.25) is 0 Å². The molecule has 0 unspecified atom stereocenters. The number of nitrogens with zero attached hydrogens (tertiary/aromatic N) is 2. The van der Waals surface area contributed by atoms with Crippen LogP contribution >= 0.6 is 0 Å². The van der Waals surface area contributed by atoms with Crippen molar-refractivity contribution in [2.24, 2.45) is 5.92 Å². The van der Waals surface area contributed by atoms with E-state index in [2.05, 4.69) is 6.07 Å². The molecular formula is C16H20N2O2. The molecule has 4 nitrogen and oxygen atoms in total. The van der Waals surface area contributed by atoms with E-state index < -0.39 is 0 Å². The summed E-state index contributed by atoms with van der Waals surface area (Å²) in [7, 11) is 0. The van der Waals surface area contributed by atoms with Crippen LogP contribution < -0.4 is 0 Å². The summed E-state index contributed by atoms with van der Waals surface area (Å²) < 4.78 is 5.34. The molecule has 0 bridgehead atoms. The van der Waals surface area contributed by atoms with Gasteiger partial charge < -0.3 is 9.64 Å². The molecule has 0 spiro atoms. The number of amides is 1. The standard InChI is InChI=1S/C16H20N2O2/c17-10-4-8-14-9-5-11-18(12-14)16(19)20-13-15-6-2-1-3-7-15/h1-3,6-7,14H,4-5,8-9,11-13H2/t14-/m0/s1. The van der Waals surface area contributed by atoms with E-state index in [1.807, 2.05) is 30.3 Å². The Morgan fingerprint density at radius 3 is 2.95 bits per heavy atom. The zero-order valence-electron chi connectivity index (χ0n) is 11.6. The van der Waals surface area contributed by atoms with Gasteiger partial charge in [0.2, 0.25) is 0 Å². The Balaban J connectivity index is 1.78. The molecule has 1 amide bonds. The van der Waals surface area contributed by atoms with Gasteiger partial charge >= 0.3 is 6.09 Å². The molecule has 0 aliphatic carbocycles. The van der Waals surface area contributed by atoms with Crippen molar-refractivity contribution in [3.8, 4) is 6.07 Å². The third-order valence-electron chi connectivity index (χ3n) is 3.65. The Hall–Kier alpha value is -2.02. The first-order chi connectivity index (χ1) is 9.79. The fourth-order valence-electron chi connectivity index (χ4n) is 2.55. The number of hydrogen-bond acceptors (Lipinski definition) is 3. The summed E-state index contributed by atoms with van der Waals surface area (Å²) in [5, 5.41) is 8.63. The van der Waals surface area contributed by atoms with E-state index in [9.17, 15) is 4.79 Å². The Labute approximate surface area is 120 Å². The number of carbonyl (C=O) groups excluding carboxylic acids is 1. The molecule has 20 heavy (non-hydrogen) atoms. The monoisotopic (exact) mass is 272 g/mol. The minimum Gasteiger partial charge on any atom is -0.445 e. The van der Waals surface area contributed by atoms with Gasteiger partial charge in [0.1, 0.15) is 6.61 Å². The maximum absolute atomic E-state index is 12.0. The van der Waals surface area contributed by atoms with Gasteiger partial charge in [-0.25, -0.2) is 4.79 Å². The second-order valence-electron chi connectivity index (χ2n) is 5.19. The van der Waals surface area contributed by atoms with Gasteiger partial charge in [0.25, 0.3) is 0 Å². The average Bonchev–Trinajstić information content (AvgIpc) is 2.52. The normalized spacial score (nSPS) is 18.4. The van der Waals surface area contributed by atoms with Crippen LogP contribution in [0.15, 0.2) is 30.3 Å². The van der Waals surface area contributed by atoms with Crippen LogP contribution in [0.4, 0.5) is 4.79 Å². The van der Waals surface area contributed by atoms with Crippen molar-refractivity contribution >= 4 is 6.09 Å². The number of hydrogen-bond donors (Lipinski definition) is 0. The van der Waals surface area contributed by atoms with Crippen LogP contribution in [-0.2, 0) is 11.3 Å². The molecule has 0 N–H and O–H groups in total. The van der Waals surface area contributed by atoms with Crippen molar-refractivity contribution in [2.75, 3.05) is 13.1 Å². The molecule has 1 aromatic carbocycles. The van der Waals surface area contributed by atoms with Gasteiger partial charge in [-0.1, -0.05) is 30.3 Å². The Morgan fingerprint density at radius 1 is 1.40 bits per heavy atom. The first-order valence-corrected chi connectivity index (χ1v) is 7.12. The smallest absolute Gasteiger partial charge is 0.410 e. The van der Waals surface area contributed by atoms with Crippen LogP contribution in [0.3, 0.4) is 0 Å². The lowest BCUT2D eigenvalue weighted by Crippen LogP contribution is -2.40. The van der Waals surface area contributed by atoms with Crippen molar-refractivity contribution in [1.29, 1.82) is 5.26 Å². The molecule has 2 rings (SSSR count). The number of ether oxygens (including phenoxy) is 1. The molecule has 1 aromatic rings. The fraction of sp³-hybridized carbons (Fsp3) is 0.500. The lowest BCUT2D eigenvalue weighted by atomic mass is 9.94. The van der Waals surface area contributed by atoms with E-state index in [0.29, 0.717) is 18.9 Å². The predicted molar refractivity (Wildman–Crippen MR) is 75.8 cm³/mol. The highest BCUT2D eigenvalue weighted by molar-refractivity contribution is 5.67.